The van der Waals surface area contributed by atoms with Crippen LogP contribution in [0.15, 0.2) is 22.0 Å². The van der Waals surface area contributed by atoms with Crippen molar-refractivity contribution in [1.29, 1.82) is 0 Å². The molecule has 0 aliphatic heterocycles. The van der Waals surface area contributed by atoms with Crippen LogP contribution in [0.4, 0.5) is 5.69 Å². The predicted molar refractivity (Wildman–Crippen MR) is 63.8 cm³/mol. The van der Waals surface area contributed by atoms with Crippen molar-refractivity contribution in [1.82, 2.24) is 0 Å². The van der Waals surface area contributed by atoms with Crippen LogP contribution in [0, 0.1) is 0 Å². The van der Waals surface area contributed by atoms with Crippen LogP contribution >= 0.6 is 27.3 Å². The SMILES string of the molecule is Nc1cc2c(Br)csc2cc1B(O)O. The van der Waals surface area contributed by atoms with Gasteiger partial charge in [-0.15, -0.1) is 11.3 Å². The summed E-state index contributed by atoms with van der Waals surface area (Å²) in [6, 6.07) is 3.44. The standard InChI is InChI=1S/C8H7BBrNO2S/c10-6-3-14-8-2-5(9(12)13)7(11)1-4(6)8/h1-3,12-13H,11H2. The first-order valence-electron chi connectivity index (χ1n) is 3.92. The maximum absolute atomic E-state index is 9.04. The summed E-state index contributed by atoms with van der Waals surface area (Å²) in [6.45, 7) is 0. The first-order chi connectivity index (χ1) is 6.59. The summed E-state index contributed by atoms with van der Waals surface area (Å²) >= 11 is 4.92. The van der Waals surface area contributed by atoms with E-state index in [4.69, 9.17) is 15.8 Å². The molecule has 2 aromatic rings. The van der Waals surface area contributed by atoms with Crippen LogP contribution in [0.25, 0.3) is 10.1 Å². The summed E-state index contributed by atoms with van der Waals surface area (Å²) in [4.78, 5) is 0. The summed E-state index contributed by atoms with van der Waals surface area (Å²) in [5, 5.41) is 21.0. The second kappa shape index (κ2) is 3.54. The lowest BCUT2D eigenvalue weighted by atomic mass is 9.79. The molecule has 0 saturated carbocycles. The molecule has 0 saturated heterocycles. The zero-order chi connectivity index (χ0) is 10.3. The number of anilines is 1. The monoisotopic (exact) mass is 271 g/mol. The Morgan fingerprint density at radius 3 is 2.71 bits per heavy atom. The lowest BCUT2D eigenvalue weighted by molar-refractivity contribution is 0.426. The Hall–Kier alpha value is -0.555. The van der Waals surface area contributed by atoms with Gasteiger partial charge in [0.05, 0.1) is 0 Å². The Morgan fingerprint density at radius 2 is 2.07 bits per heavy atom. The van der Waals surface area contributed by atoms with Crippen LogP contribution in [0.2, 0.25) is 0 Å². The number of hydrogen-bond donors (Lipinski definition) is 3. The Kier molecular flexibility index (Phi) is 2.53. The number of rotatable bonds is 1. The van der Waals surface area contributed by atoms with Crippen molar-refractivity contribution in [2.24, 2.45) is 0 Å². The fourth-order valence-corrected chi connectivity index (χ4v) is 2.89. The molecule has 0 aliphatic carbocycles. The van der Waals surface area contributed by atoms with E-state index in [1.165, 1.54) is 11.3 Å². The van der Waals surface area contributed by atoms with Crippen LogP contribution in [0.5, 0.6) is 0 Å². The van der Waals surface area contributed by atoms with Gasteiger partial charge in [0, 0.05) is 31.1 Å². The number of hydrogen-bond acceptors (Lipinski definition) is 4. The van der Waals surface area contributed by atoms with Gasteiger partial charge >= 0.3 is 7.12 Å². The summed E-state index contributed by atoms with van der Waals surface area (Å²) in [7, 11) is -1.51. The third-order valence-electron chi connectivity index (χ3n) is 2.01. The van der Waals surface area contributed by atoms with E-state index in [-0.39, 0.29) is 0 Å². The third-order valence-corrected chi connectivity index (χ3v) is 3.91. The van der Waals surface area contributed by atoms with E-state index < -0.39 is 7.12 Å². The molecule has 0 radical (unpaired) electrons. The molecule has 0 aliphatic rings. The Balaban J connectivity index is 2.72. The Labute approximate surface area is 93.4 Å². The summed E-state index contributed by atoms with van der Waals surface area (Å²) in [6.07, 6.45) is 0. The highest BCUT2D eigenvalue weighted by Gasteiger charge is 2.16. The van der Waals surface area contributed by atoms with Gasteiger partial charge in [0.2, 0.25) is 0 Å². The van der Waals surface area contributed by atoms with Gasteiger partial charge in [-0.1, -0.05) is 0 Å². The number of nitrogens with two attached hydrogens (primary N) is 1. The highest BCUT2D eigenvalue weighted by molar-refractivity contribution is 9.10. The Morgan fingerprint density at radius 1 is 1.36 bits per heavy atom. The topological polar surface area (TPSA) is 66.5 Å². The third kappa shape index (κ3) is 1.54. The number of fused-ring (bicyclic) bond motifs is 1. The minimum atomic E-state index is -1.51. The van der Waals surface area contributed by atoms with Gasteiger partial charge in [-0.2, -0.15) is 0 Å². The van der Waals surface area contributed by atoms with Crippen molar-refractivity contribution in [3.63, 3.8) is 0 Å². The minimum Gasteiger partial charge on any atom is -0.423 e. The summed E-state index contributed by atoms with van der Waals surface area (Å²) in [5.41, 5.74) is 6.43. The zero-order valence-corrected chi connectivity index (χ0v) is 9.47. The van der Waals surface area contributed by atoms with Crippen LogP contribution in [-0.2, 0) is 0 Å². The van der Waals surface area contributed by atoms with Crippen LogP contribution < -0.4 is 11.2 Å². The Bertz CT molecular complexity index is 485. The molecule has 3 nitrogen and oxygen atoms in total. The van der Waals surface area contributed by atoms with E-state index in [1.807, 2.05) is 5.38 Å². The molecule has 0 bridgehead atoms. The van der Waals surface area contributed by atoms with Gasteiger partial charge in [-0.05, 0) is 28.1 Å². The molecule has 2 rings (SSSR count). The number of thiophene rings is 1. The largest absolute Gasteiger partial charge is 0.490 e. The molecule has 0 unspecified atom stereocenters. The van der Waals surface area contributed by atoms with Crippen molar-refractivity contribution >= 4 is 55.6 Å². The van der Waals surface area contributed by atoms with Crippen LogP contribution in [0.3, 0.4) is 0 Å². The molecule has 1 heterocycles. The van der Waals surface area contributed by atoms with Crippen molar-refractivity contribution in [2.45, 2.75) is 0 Å². The van der Waals surface area contributed by atoms with Crippen molar-refractivity contribution in [3.05, 3.63) is 22.0 Å². The average Bonchev–Trinajstić information content (AvgIpc) is 2.46. The second-order valence-electron chi connectivity index (χ2n) is 2.93. The van der Waals surface area contributed by atoms with E-state index >= 15 is 0 Å². The van der Waals surface area contributed by atoms with E-state index in [0.29, 0.717) is 11.2 Å². The smallest absolute Gasteiger partial charge is 0.423 e. The second-order valence-corrected chi connectivity index (χ2v) is 4.70. The predicted octanol–water partition coefficient (Wildman–Crippen LogP) is 0.926. The number of halogens is 1. The summed E-state index contributed by atoms with van der Waals surface area (Å²) < 4.78 is 1.96. The maximum atomic E-state index is 9.04. The van der Waals surface area contributed by atoms with E-state index in [9.17, 15) is 0 Å². The van der Waals surface area contributed by atoms with E-state index in [2.05, 4.69) is 15.9 Å². The van der Waals surface area contributed by atoms with Crippen LogP contribution in [0.1, 0.15) is 0 Å². The molecule has 14 heavy (non-hydrogen) atoms. The lowest BCUT2D eigenvalue weighted by Crippen LogP contribution is -2.32. The highest BCUT2D eigenvalue weighted by atomic mass is 79.9. The lowest BCUT2D eigenvalue weighted by Gasteiger charge is -2.04. The molecule has 4 N–H and O–H groups in total. The van der Waals surface area contributed by atoms with Gasteiger partial charge in [0.15, 0.2) is 0 Å². The molecule has 0 atom stereocenters. The molecule has 0 spiro atoms. The fourth-order valence-electron chi connectivity index (χ4n) is 1.30. The fraction of sp³-hybridized carbons (Fsp3) is 0. The van der Waals surface area contributed by atoms with Crippen molar-refractivity contribution in [2.75, 3.05) is 5.73 Å². The molecular formula is C8H7BBrNO2S. The maximum Gasteiger partial charge on any atom is 0.490 e. The molecule has 72 valence electrons. The van der Waals surface area contributed by atoms with Crippen molar-refractivity contribution in [3.8, 4) is 0 Å². The van der Waals surface area contributed by atoms with Gasteiger partial charge in [-0.25, -0.2) is 0 Å². The quantitative estimate of drug-likeness (QED) is 0.534. The zero-order valence-electron chi connectivity index (χ0n) is 7.07. The molecule has 6 heteroatoms. The molecule has 1 aromatic carbocycles. The molecule has 0 amide bonds. The number of benzene rings is 1. The average molecular weight is 272 g/mol. The molecule has 0 fully saturated rings. The van der Waals surface area contributed by atoms with Crippen LogP contribution in [-0.4, -0.2) is 17.2 Å². The molecule has 1 aromatic heterocycles. The summed E-state index contributed by atoms with van der Waals surface area (Å²) in [5.74, 6) is 0. The number of nitrogen functional groups attached to an aromatic ring is 1. The van der Waals surface area contributed by atoms with Gasteiger partial charge in [0.25, 0.3) is 0 Å². The first-order valence-corrected chi connectivity index (χ1v) is 5.59. The first kappa shape index (κ1) is 9.98. The normalized spacial score (nSPS) is 10.8. The molecular weight excluding hydrogens is 265 g/mol. The van der Waals surface area contributed by atoms with Gasteiger partial charge in [-0.3, -0.25) is 0 Å². The van der Waals surface area contributed by atoms with Gasteiger partial charge in [0.1, 0.15) is 0 Å². The highest BCUT2D eigenvalue weighted by Crippen LogP contribution is 2.30. The van der Waals surface area contributed by atoms with Gasteiger partial charge < -0.3 is 15.8 Å². The minimum absolute atomic E-state index is 0.354. The van der Waals surface area contributed by atoms with E-state index in [1.54, 1.807) is 12.1 Å². The van der Waals surface area contributed by atoms with Crippen molar-refractivity contribution < 1.29 is 10.0 Å². The van der Waals surface area contributed by atoms with E-state index in [0.717, 1.165) is 14.6 Å².